The number of benzene rings is 2. The summed E-state index contributed by atoms with van der Waals surface area (Å²) in [6.07, 6.45) is 2.50. The number of nitrogens with one attached hydrogen (secondary N) is 1. The summed E-state index contributed by atoms with van der Waals surface area (Å²) in [5.41, 5.74) is 3.32. The van der Waals surface area contributed by atoms with Crippen LogP contribution in [0.2, 0.25) is 0 Å². The second kappa shape index (κ2) is 11.2. The highest BCUT2D eigenvalue weighted by molar-refractivity contribution is 5.60. The van der Waals surface area contributed by atoms with E-state index in [0.717, 1.165) is 16.7 Å². The van der Waals surface area contributed by atoms with Crippen LogP contribution in [0.3, 0.4) is 0 Å². The number of aliphatic hydroxyl groups is 1. The molecule has 2 N–H and O–H groups in total. The van der Waals surface area contributed by atoms with Gasteiger partial charge in [0.05, 0.1) is 36.3 Å². The van der Waals surface area contributed by atoms with Crippen LogP contribution in [-0.2, 0) is 6.54 Å². The molecule has 4 aromatic rings. The molecule has 2 aromatic heterocycles. The molecule has 0 saturated carbocycles. The van der Waals surface area contributed by atoms with Gasteiger partial charge in [-0.25, -0.2) is 14.6 Å². The summed E-state index contributed by atoms with van der Waals surface area (Å²) in [4.78, 5) is 21.2. The molecule has 4 rings (SSSR count). The van der Waals surface area contributed by atoms with E-state index in [1.807, 2.05) is 30.3 Å². The van der Waals surface area contributed by atoms with E-state index in [1.54, 1.807) is 43.7 Å². The van der Waals surface area contributed by atoms with Gasteiger partial charge in [0.1, 0.15) is 12.7 Å². The number of nitriles is 1. The lowest BCUT2D eigenvalue weighted by molar-refractivity contribution is 0.108. The quantitative estimate of drug-likeness (QED) is 0.383. The normalized spacial score (nSPS) is 11.6. The second-order valence-corrected chi connectivity index (χ2v) is 7.87. The number of hydrogen-bond acceptors (Lipinski definition) is 8. The van der Waals surface area contributed by atoms with E-state index in [1.165, 1.54) is 10.7 Å². The van der Waals surface area contributed by atoms with Gasteiger partial charge in [-0.2, -0.15) is 10.4 Å². The average Bonchev–Trinajstić information content (AvgIpc) is 2.89. The number of aromatic nitrogens is 4. The van der Waals surface area contributed by atoms with Crippen molar-refractivity contribution >= 4 is 0 Å². The zero-order valence-corrected chi connectivity index (χ0v) is 19.1. The summed E-state index contributed by atoms with van der Waals surface area (Å²) in [6.45, 7) is 0.836. The minimum atomic E-state index is -0.623. The fourth-order valence-electron chi connectivity index (χ4n) is 3.47. The SMILES string of the molecule is CNCC(O)COc1cnc(-c2cccc(Cn3nc(-c4cccc(C#N)c4)ccc3=O)c2)nc1. The Morgan fingerprint density at radius 1 is 1.09 bits per heavy atom. The van der Waals surface area contributed by atoms with Gasteiger partial charge < -0.3 is 15.2 Å². The Hall–Kier alpha value is -4.39. The lowest BCUT2D eigenvalue weighted by Gasteiger charge is -2.11. The van der Waals surface area contributed by atoms with Gasteiger partial charge in [-0.15, -0.1) is 0 Å². The molecule has 176 valence electrons. The first-order valence-corrected chi connectivity index (χ1v) is 11.0. The molecule has 0 bridgehead atoms. The first kappa shape index (κ1) is 23.8. The molecule has 0 saturated heterocycles. The van der Waals surface area contributed by atoms with Crippen molar-refractivity contribution in [1.82, 2.24) is 25.1 Å². The summed E-state index contributed by atoms with van der Waals surface area (Å²) in [7, 11) is 1.76. The molecule has 0 aliphatic heterocycles. The summed E-state index contributed by atoms with van der Waals surface area (Å²) < 4.78 is 6.90. The van der Waals surface area contributed by atoms with Crippen molar-refractivity contribution in [2.24, 2.45) is 0 Å². The van der Waals surface area contributed by atoms with Gasteiger partial charge >= 0.3 is 0 Å². The fraction of sp³-hybridized carbons (Fsp3) is 0.192. The van der Waals surface area contributed by atoms with Gasteiger partial charge in [-0.05, 0) is 36.9 Å². The van der Waals surface area contributed by atoms with Crippen molar-refractivity contribution in [2.75, 3.05) is 20.2 Å². The van der Waals surface area contributed by atoms with Crippen molar-refractivity contribution < 1.29 is 9.84 Å². The Morgan fingerprint density at radius 3 is 2.63 bits per heavy atom. The topological polar surface area (TPSA) is 126 Å². The number of ether oxygens (including phenoxy) is 1. The number of likely N-dealkylation sites (N-methyl/N-ethyl adjacent to an activating group) is 1. The van der Waals surface area contributed by atoms with E-state index in [0.29, 0.717) is 29.4 Å². The van der Waals surface area contributed by atoms with Crippen molar-refractivity contribution in [1.29, 1.82) is 5.26 Å². The van der Waals surface area contributed by atoms with Crippen molar-refractivity contribution in [3.63, 3.8) is 0 Å². The van der Waals surface area contributed by atoms with Crippen LogP contribution >= 0.6 is 0 Å². The molecule has 0 aliphatic rings. The van der Waals surface area contributed by atoms with Gasteiger partial charge in [0.25, 0.3) is 5.56 Å². The largest absolute Gasteiger partial charge is 0.488 e. The van der Waals surface area contributed by atoms with Crippen LogP contribution < -0.4 is 15.6 Å². The first-order valence-electron chi connectivity index (χ1n) is 11.0. The maximum absolute atomic E-state index is 12.5. The number of hydrogen-bond donors (Lipinski definition) is 2. The Balaban J connectivity index is 1.51. The minimum Gasteiger partial charge on any atom is -0.488 e. The molecule has 2 aromatic carbocycles. The van der Waals surface area contributed by atoms with Gasteiger partial charge in [-0.1, -0.05) is 30.3 Å². The summed E-state index contributed by atoms with van der Waals surface area (Å²) in [5.74, 6) is 0.977. The summed E-state index contributed by atoms with van der Waals surface area (Å²) in [5, 5.41) is 26.3. The van der Waals surface area contributed by atoms with Gasteiger partial charge in [0, 0.05) is 23.7 Å². The molecular formula is C26H24N6O3. The maximum atomic E-state index is 12.5. The molecule has 0 spiro atoms. The van der Waals surface area contributed by atoms with E-state index < -0.39 is 6.10 Å². The highest BCUT2D eigenvalue weighted by Crippen LogP contribution is 2.20. The number of rotatable bonds is 9. The van der Waals surface area contributed by atoms with Gasteiger partial charge in [0.2, 0.25) is 0 Å². The summed E-state index contributed by atoms with van der Waals surface area (Å²) >= 11 is 0. The summed E-state index contributed by atoms with van der Waals surface area (Å²) in [6, 6.07) is 19.9. The second-order valence-electron chi connectivity index (χ2n) is 7.87. The number of nitrogens with zero attached hydrogens (tertiary/aromatic N) is 5. The predicted octanol–water partition coefficient (Wildman–Crippen LogP) is 2.25. The molecule has 0 amide bonds. The van der Waals surface area contributed by atoms with E-state index in [2.05, 4.69) is 26.5 Å². The lowest BCUT2D eigenvalue weighted by atomic mass is 10.1. The highest BCUT2D eigenvalue weighted by Gasteiger charge is 2.09. The highest BCUT2D eigenvalue weighted by atomic mass is 16.5. The zero-order chi connectivity index (χ0) is 24.6. The fourth-order valence-corrected chi connectivity index (χ4v) is 3.47. The molecule has 0 aliphatic carbocycles. The molecule has 35 heavy (non-hydrogen) atoms. The molecule has 0 radical (unpaired) electrons. The number of aliphatic hydroxyl groups excluding tert-OH is 1. The van der Waals surface area contributed by atoms with Crippen LogP contribution in [0.25, 0.3) is 22.6 Å². The Labute approximate surface area is 202 Å². The van der Waals surface area contributed by atoms with Crippen LogP contribution in [0.5, 0.6) is 5.75 Å². The molecule has 9 nitrogen and oxygen atoms in total. The third-order valence-corrected chi connectivity index (χ3v) is 5.18. The molecule has 1 atom stereocenters. The zero-order valence-electron chi connectivity index (χ0n) is 19.1. The third kappa shape index (κ3) is 6.14. The van der Waals surface area contributed by atoms with Crippen LogP contribution in [0.4, 0.5) is 0 Å². The van der Waals surface area contributed by atoms with Gasteiger partial charge in [-0.3, -0.25) is 4.79 Å². The van der Waals surface area contributed by atoms with Crippen LogP contribution in [0.15, 0.2) is 77.9 Å². The van der Waals surface area contributed by atoms with Crippen LogP contribution in [-0.4, -0.2) is 51.2 Å². The smallest absolute Gasteiger partial charge is 0.267 e. The van der Waals surface area contributed by atoms with Crippen LogP contribution in [0, 0.1) is 11.3 Å². The lowest BCUT2D eigenvalue weighted by Crippen LogP contribution is -2.29. The molecule has 1 unspecified atom stereocenters. The third-order valence-electron chi connectivity index (χ3n) is 5.18. The Kier molecular flexibility index (Phi) is 7.57. The van der Waals surface area contributed by atoms with Gasteiger partial charge in [0.15, 0.2) is 11.6 Å². The maximum Gasteiger partial charge on any atom is 0.267 e. The predicted molar refractivity (Wildman–Crippen MR) is 131 cm³/mol. The van der Waals surface area contributed by atoms with Crippen molar-refractivity contribution in [3.05, 3.63) is 94.5 Å². The van der Waals surface area contributed by atoms with E-state index in [-0.39, 0.29) is 18.7 Å². The molecule has 9 heteroatoms. The van der Waals surface area contributed by atoms with E-state index in [9.17, 15) is 9.90 Å². The Bertz CT molecular complexity index is 1400. The average molecular weight is 469 g/mol. The van der Waals surface area contributed by atoms with E-state index in [4.69, 9.17) is 10.00 Å². The van der Waals surface area contributed by atoms with Crippen molar-refractivity contribution in [3.8, 4) is 34.5 Å². The van der Waals surface area contributed by atoms with Crippen LogP contribution in [0.1, 0.15) is 11.1 Å². The van der Waals surface area contributed by atoms with Crippen molar-refractivity contribution in [2.45, 2.75) is 12.6 Å². The molecular weight excluding hydrogens is 444 g/mol. The minimum absolute atomic E-state index is 0.140. The van der Waals surface area contributed by atoms with E-state index >= 15 is 0 Å². The Morgan fingerprint density at radius 2 is 1.86 bits per heavy atom. The molecule has 0 fully saturated rings. The molecule has 2 heterocycles. The first-order chi connectivity index (χ1) is 17.1. The standard InChI is InChI=1S/C26H24N6O3/c1-28-13-22(33)17-35-23-14-29-26(30-15-23)21-7-3-5-19(11-21)16-32-25(34)9-8-24(31-32)20-6-2-4-18(10-20)12-27/h2-11,14-15,22,28,33H,13,16-17H2,1H3. The monoisotopic (exact) mass is 468 g/mol.